The minimum absolute atomic E-state index is 0.360. The summed E-state index contributed by atoms with van der Waals surface area (Å²) in [6.45, 7) is 0. The predicted molar refractivity (Wildman–Crippen MR) is 54.3 cm³/mol. The Balaban J connectivity index is 2.52. The Bertz CT molecular complexity index is 575. The smallest absolute Gasteiger partial charge is 0.200 e. The number of hydrogen-bond acceptors (Lipinski definition) is 1. The summed E-state index contributed by atoms with van der Waals surface area (Å²) in [5.41, 5.74) is -0.861. The molecule has 0 bridgehead atoms. The first-order valence-electron chi connectivity index (χ1n) is 4.71. The SMILES string of the molecule is Fc1c(F)c(F)c(N=Cc2ccc[nH]2)c(F)c1F. The molecule has 0 saturated heterocycles. The van der Waals surface area contributed by atoms with E-state index in [0.29, 0.717) is 5.69 Å². The molecule has 0 aliphatic rings. The molecule has 2 rings (SSSR count). The number of hydrogen-bond donors (Lipinski definition) is 1. The molecule has 0 fully saturated rings. The monoisotopic (exact) mass is 260 g/mol. The van der Waals surface area contributed by atoms with Crippen molar-refractivity contribution in [3.63, 3.8) is 0 Å². The lowest BCUT2D eigenvalue weighted by Gasteiger charge is -2.03. The highest BCUT2D eigenvalue weighted by atomic mass is 19.2. The number of aliphatic imine (C=N–C) groups is 1. The van der Waals surface area contributed by atoms with E-state index in [9.17, 15) is 22.0 Å². The predicted octanol–water partition coefficient (Wildman–Crippen LogP) is 3.46. The van der Waals surface area contributed by atoms with E-state index >= 15 is 0 Å². The van der Waals surface area contributed by atoms with Gasteiger partial charge in [0.1, 0.15) is 5.69 Å². The first-order valence-corrected chi connectivity index (χ1v) is 4.71. The standard InChI is InChI=1S/C11H5F5N2/c12-6-7(13)9(15)11(10(16)8(6)14)18-4-5-2-1-3-17-5/h1-4,17H. The Morgan fingerprint density at radius 3 is 1.94 bits per heavy atom. The van der Waals surface area contributed by atoms with E-state index in [0.717, 1.165) is 6.21 Å². The van der Waals surface area contributed by atoms with Crippen molar-refractivity contribution in [2.45, 2.75) is 0 Å². The van der Waals surface area contributed by atoms with Gasteiger partial charge in [-0.3, -0.25) is 0 Å². The molecule has 7 heteroatoms. The number of H-pyrrole nitrogens is 1. The molecule has 0 unspecified atom stereocenters. The zero-order chi connectivity index (χ0) is 13.3. The van der Waals surface area contributed by atoms with Gasteiger partial charge in [-0.25, -0.2) is 26.9 Å². The van der Waals surface area contributed by atoms with E-state index in [1.165, 1.54) is 12.3 Å². The van der Waals surface area contributed by atoms with Crippen molar-refractivity contribution in [3.05, 3.63) is 53.1 Å². The third kappa shape index (κ3) is 1.99. The van der Waals surface area contributed by atoms with E-state index in [1.54, 1.807) is 6.07 Å². The third-order valence-electron chi connectivity index (χ3n) is 2.14. The molecule has 1 heterocycles. The van der Waals surface area contributed by atoms with Crippen molar-refractivity contribution < 1.29 is 22.0 Å². The number of aromatic nitrogens is 1. The molecule has 2 aromatic rings. The van der Waals surface area contributed by atoms with Gasteiger partial charge in [0.25, 0.3) is 0 Å². The van der Waals surface area contributed by atoms with Gasteiger partial charge in [-0.1, -0.05) is 0 Å². The lowest BCUT2D eigenvalue weighted by atomic mass is 10.2. The molecule has 0 aliphatic heterocycles. The van der Waals surface area contributed by atoms with E-state index in [-0.39, 0.29) is 0 Å². The van der Waals surface area contributed by atoms with Gasteiger partial charge in [-0.05, 0) is 12.1 Å². The number of nitrogens with zero attached hydrogens (tertiary/aromatic N) is 1. The van der Waals surface area contributed by atoms with Crippen LogP contribution in [0, 0.1) is 29.1 Å². The summed E-state index contributed by atoms with van der Waals surface area (Å²) in [5, 5.41) is 0. The highest BCUT2D eigenvalue weighted by Gasteiger charge is 2.25. The van der Waals surface area contributed by atoms with E-state index in [2.05, 4.69) is 9.98 Å². The fourth-order valence-corrected chi connectivity index (χ4v) is 1.27. The molecule has 1 aromatic carbocycles. The minimum Gasteiger partial charge on any atom is -0.360 e. The third-order valence-corrected chi connectivity index (χ3v) is 2.14. The van der Waals surface area contributed by atoms with Crippen molar-refractivity contribution >= 4 is 11.9 Å². The molecular weight excluding hydrogens is 255 g/mol. The lowest BCUT2D eigenvalue weighted by molar-refractivity contribution is 0.381. The summed E-state index contributed by atoms with van der Waals surface area (Å²) in [6, 6.07) is 3.09. The Hall–Kier alpha value is -2.18. The van der Waals surface area contributed by atoms with Crippen molar-refractivity contribution in [2.24, 2.45) is 4.99 Å². The van der Waals surface area contributed by atoms with Crippen LogP contribution in [0.5, 0.6) is 0 Å². The zero-order valence-corrected chi connectivity index (χ0v) is 8.65. The van der Waals surface area contributed by atoms with Crippen molar-refractivity contribution in [3.8, 4) is 0 Å². The highest BCUT2D eigenvalue weighted by molar-refractivity contribution is 5.79. The van der Waals surface area contributed by atoms with Crippen molar-refractivity contribution in [1.82, 2.24) is 4.98 Å². The van der Waals surface area contributed by atoms with Crippen LogP contribution in [0.3, 0.4) is 0 Å². The van der Waals surface area contributed by atoms with E-state index in [1.807, 2.05) is 0 Å². The molecule has 94 valence electrons. The molecule has 0 aliphatic carbocycles. The summed E-state index contributed by atoms with van der Waals surface area (Å²) < 4.78 is 64.7. The fraction of sp³-hybridized carbons (Fsp3) is 0. The summed E-state index contributed by atoms with van der Waals surface area (Å²) in [7, 11) is 0. The average Bonchev–Trinajstić information content (AvgIpc) is 2.87. The van der Waals surface area contributed by atoms with Crippen LogP contribution in [-0.2, 0) is 0 Å². The Kier molecular flexibility index (Phi) is 3.14. The lowest BCUT2D eigenvalue weighted by Crippen LogP contribution is -2.00. The van der Waals surface area contributed by atoms with Gasteiger partial charge in [0.05, 0.1) is 11.9 Å². The molecule has 18 heavy (non-hydrogen) atoms. The van der Waals surface area contributed by atoms with Crippen LogP contribution >= 0.6 is 0 Å². The highest BCUT2D eigenvalue weighted by Crippen LogP contribution is 2.29. The van der Waals surface area contributed by atoms with Crippen LogP contribution < -0.4 is 0 Å². The molecule has 1 N–H and O–H groups in total. The zero-order valence-electron chi connectivity index (χ0n) is 8.65. The average molecular weight is 260 g/mol. The Labute approximate surface area is 97.8 Å². The van der Waals surface area contributed by atoms with Crippen LogP contribution in [0.15, 0.2) is 23.3 Å². The van der Waals surface area contributed by atoms with Gasteiger partial charge >= 0.3 is 0 Å². The van der Waals surface area contributed by atoms with Crippen LogP contribution in [0.2, 0.25) is 0 Å². The normalized spacial score (nSPS) is 11.4. The quantitative estimate of drug-likeness (QED) is 0.371. The molecule has 2 nitrogen and oxygen atoms in total. The second-order valence-electron chi connectivity index (χ2n) is 3.30. The van der Waals surface area contributed by atoms with Gasteiger partial charge in [0, 0.05) is 6.20 Å². The topological polar surface area (TPSA) is 28.1 Å². The molecule has 0 atom stereocenters. The number of aromatic amines is 1. The number of rotatable bonds is 2. The first-order chi connectivity index (χ1) is 8.52. The second-order valence-corrected chi connectivity index (χ2v) is 3.30. The summed E-state index contributed by atoms with van der Waals surface area (Å²) >= 11 is 0. The van der Waals surface area contributed by atoms with Gasteiger partial charge < -0.3 is 4.98 Å². The number of benzene rings is 1. The number of halogens is 5. The number of nitrogens with one attached hydrogen (secondary N) is 1. The van der Waals surface area contributed by atoms with Crippen LogP contribution in [0.4, 0.5) is 27.6 Å². The molecular formula is C11H5F5N2. The Morgan fingerprint density at radius 1 is 0.889 bits per heavy atom. The Morgan fingerprint density at radius 2 is 1.44 bits per heavy atom. The second kappa shape index (κ2) is 4.59. The molecule has 0 amide bonds. The van der Waals surface area contributed by atoms with E-state index in [4.69, 9.17) is 0 Å². The van der Waals surface area contributed by atoms with E-state index < -0.39 is 34.8 Å². The molecule has 1 aromatic heterocycles. The summed E-state index contributed by atoms with van der Waals surface area (Å²) in [4.78, 5) is 5.89. The fourth-order valence-electron chi connectivity index (χ4n) is 1.27. The van der Waals surface area contributed by atoms with Crippen molar-refractivity contribution in [2.75, 3.05) is 0 Å². The largest absolute Gasteiger partial charge is 0.360 e. The molecule has 0 spiro atoms. The summed E-state index contributed by atoms with van der Waals surface area (Å²) in [5.74, 6) is -10.2. The van der Waals surface area contributed by atoms with Gasteiger partial charge in [0.2, 0.25) is 5.82 Å². The maximum Gasteiger partial charge on any atom is 0.200 e. The van der Waals surface area contributed by atoms with Gasteiger partial charge in [-0.2, -0.15) is 0 Å². The van der Waals surface area contributed by atoms with Crippen LogP contribution in [0.1, 0.15) is 5.69 Å². The molecule has 0 saturated carbocycles. The molecule has 0 radical (unpaired) electrons. The van der Waals surface area contributed by atoms with Crippen molar-refractivity contribution in [1.29, 1.82) is 0 Å². The minimum atomic E-state index is -2.20. The summed E-state index contributed by atoms with van der Waals surface area (Å²) in [6.07, 6.45) is 2.47. The van der Waals surface area contributed by atoms with Crippen LogP contribution in [0.25, 0.3) is 0 Å². The van der Waals surface area contributed by atoms with Gasteiger partial charge in [-0.15, -0.1) is 0 Å². The first kappa shape index (κ1) is 12.3. The van der Waals surface area contributed by atoms with Gasteiger partial charge in [0.15, 0.2) is 23.3 Å². The maximum absolute atomic E-state index is 13.2. The maximum atomic E-state index is 13.2. The van der Waals surface area contributed by atoms with Crippen LogP contribution in [-0.4, -0.2) is 11.2 Å².